The first-order chi connectivity index (χ1) is 13.4. The third-order valence-corrected chi connectivity index (χ3v) is 5.11. The molecular weight excluding hydrogens is 356 g/mol. The van der Waals surface area contributed by atoms with Crippen molar-refractivity contribution in [1.29, 1.82) is 0 Å². The zero-order valence-electron chi connectivity index (χ0n) is 15.6. The first-order valence-corrected chi connectivity index (χ1v) is 10.2. The Bertz CT molecular complexity index is 751. The van der Waals surface area contributed by atoms with Crippen molar-refractivity contribution in [1.82, 2.24) is 10.5 Å². The van der Waals surface area contributed by atoms with Crippen LogP contribution >= 0.6 is 11.3 Å². The first kappa shape index (κ1) is 19.7. The van der Waals surface area contributed by atoms with Crippen LogP contribution in [0.4, 0.5) is 0 Å². The van der Waals surface area contributed by atoms with Crippen molar-refractivity contribution < 1.29 is 9.57 Å². The second kappa shape index (κ2) is 10.9. The Labute approximate surface area is 165 Å². The third kappa shape index (κ3) is 6.26. The number of hydrogen-bond acceptors (Lipinski definition) is 5. The summed E-state index contributed by atoms with van der Waals surface area (Å²) in [5.41, 5.74) is 5.55. The molecule has 0 aliphatic rings. The largest absolute Gasteiger partial charge is 0.375 e. The van der Waals surface area contributed by atoms with Crippen molar-refractivity contribution in [2.24, 2.45) is 0 Å². The van der Waals surface area contributed by atoms with Gasteiger partial charge >= 0.3 is 0 Å². The van der Waals surface area contributed by atoms with E-state index in [-0.39, 0.29) is 12.1 Å². The summed E-state index contributed by atoms with van der Waals surface area (Å²) in [4.78, 5) is 10.5. The molecule has 0 amide bonds. The number of ether oxygens (including phenoxy) is 1. The van der Waals surface area contributed by atoms with Gasteiger partial charge in [0, 0.05) is 11.6 Å². The molecule has 4 nitrogen and oxygen atoms in total. The molecule has 0 spiro atoms. The van der Waals surface area contributed by atoms with Crippen LogP contribution in [0.15, 0.2) is 72.2 Å². The molecule has 27 heavy (non-hydrogen) atoms. The summed E-state index contributed by atoms with van der Waals surface area (Å²) in [6.45, 7) is 3.23. The molecule has 0 saturated carbocycles. The standard InChI is InChI=1S/C22H26N2O2S/c1-2-9-21(19-12-7-4-8-13-19)26-24-20(22-23-14-15-27-22)17-25-16-18-10-5-3-6-11-18/h3-8,10-15,20-21,24H,2,9,16-17H2,1H3/t20-,21-/m1/s1. The molecule has 0 bridgehead atoms. The Hall–Kier alpha value is -2.05. The summed E-state index contributed by atoms with van der Waals surface area (Å²) < 4.78 is 5.93. The number of hydroxylamine groups is 1. The number of nitrogens with zero attached hydrogens (tertiary/aromatic N) is 1. The molecule has 5 heteroatoms. The average molecular weight is 383 g/mol. The molecule has 0 aliphatic heterocycles. The smallest absolute Gasteiger partial charge is 0.114 e. The molecule has 0 fully saturated rings. The minimum Gasteiger partial charge on any atom is -0.375 e. The van der Waals surface area contributed by atoms with Crippen LogP contribution in [0.2, 0.25) is 0 Å². The quantitative estimate of drug-likeness (QED) is 0.447. The molecule has 1 heterocycles. The molecule has 2 atom stereocenters. The fraction of sp³-hybridized carbons (Fsp3) is 0.318. The number of nitrogens with one attached hydrogen (secondary N) is 1. The summed E-state index contributed by atoms with van der Waals surface area (Å²) in [6, 6.07) is 20.4. The van der Waals surface area contributed by atoms with E-state index in [1.165, 1.54) is 5.56 Å². The van der Waals surface area contributed by atoms with E-state index < -0.39 is 0 Å². The zero-order chi connectivity index (χ0) is 18.7. The van der Waals surface area contributed by atoms with Gasteiger partial charge in [0.05, 0.1) is 13.2 Å². The molecule has 0 aliphatic carbocycles. The highest BCUT2D eigenvalue weighted by atomic mass is 32.1. The van der Waals surface area contributed by atoms with Crippen LogP contribution in [-0.2, 0) is 16.2 Å². The summed E-state index contributed by atoms with van der Waals surface area (Å²) >= 11 is 1.60. The minimum atomic E-state index is -0.100. The van der Waals surface area contributed by atoms with E-state index in [1.807, 2.05) is 48.0 Å². The van der Waals surface area contributed by atoms with Gasteiger partial charge in [-0.25, -0.2) is 4.98 Å². The van der Waals surface area contributed by atoms with E-state index in [0.29, 0.717) is 13.2 Å². The zero-order valence-corrected chi connectivity index (χ0v) is 16.4. The lowest BCUT2D eigenvalue weighted by atomic mass is 10.1. The van der Waals surface area contributed by atoms with Crippen LogP contribution in [0.25, 0.3) is 0 Å². The highest BCUT2D eigenvalue weighted by molar-refractivity contribution is 7.09. The Kier molecular flexibility index (Phi) is 7.99. The van der Waals surface area contributed by atoms with Crippen molar-refractivity contribution >= 4 is 11.3 Å². The van der Waals surface area contributed by atoms with E-state index in [9.17, 15) is 0 Å². The molecule has 0 saturated heterocycles. The van der Waals surface area contributed by atoms with Gasteiger partial charge in [-0.15, -0.1) is 11.3 Å². The maximum Gasteiger partial charge on any atom is 0.114 e. The molecule has 3 rings (SSSR count). The van der Waals surface area contributed by atoms with Crippen molar-refractivity contribution in [3.63, 3.8) is 0 Å². The predicted molar refractivity (Wildman–Crippen MR) is 109 cm³/mol. The monoisotopic (exact) mass is 382 g/mol. The number of rotatable bonds is 11. The van der Waals surface area contributed by atoms with Gasteiger partial charge in [-0.2, -0.15) is 5.48 Å². The third-order valence-electron chi connectivity index (χ3n) is 4.22. The lowest BCUT2D eigenvalue weighted by molar-refractivity contribution is -0.0672. The second-order valence-electron chi connectivity index (χ2n) is 6.35. The van der Waals surface area contributed by atoms with Gasteiger partial charge in [0.2, 0.25) is 0 Å². The Morgan fingerprint density at radius 2 is 1.78 bits per heavy atom. The maximum atomic E-state index is 6.09. The van der Waals surface area contributed by atoms with Crippen molar-refractivity contribution in [2.45, 2.75) is 38.5 Å². The normalized spacial score (nSPS) is 13.4. The Morgan fingerprint density at radius 3 is 2.44 bits per heavy atom. The molecule has 0 unspecified atom stereocenters. The molecule has 1 aromatic heterocycles. The number of benzene rings is 2. The average Bonchev–Trinajstić information content (AvgIpc) is 3.25. The van der Waals surface area contributed by atoms with Crippen LogP contribution in [0.5, 0.6) is 0 Å². The predicted octanol–water partition coefficient (Wildman–Crippen LogP) is 5.46. The molecular formula is C22H26N2O2S. The molecule has 2 aromatic carbocycles. The van der Waals surface area contributed by atoms with Crippen LogP contribution in [0.3, 0.4) is 0 Å². The lowest BCUT2D eigenvalue weighted by Crippen LogP contribution is -2.27. The fourth-order valence-corrected chi connectivity index (χ4v) is 3.48. The maximum absolute atomic E-state index is 6.09. The van der Waals surface area contributed by atoms with Crippen LogP contribution in [-0.4, -0.2) is 11.6 Å². The van der Waals surface area contributed by atoms with E-state index in [4.69, 9.17) is 9.57 Å². The van der Waals surface area contributed by atoms with Gasteiger partial charge in [0.15, 0.2) is 0 Å². The molecule has 1 N–H and O–H groups in total. The molecule has 142 valence electrons. The first-order valence-electron chi connectivity index (χ1n) is 9.34. The summed E-state index contributed by atoms with van der Waals surface area (Å²) in [5, 5.41) is 2.94. The molecule has 3 aromatic rings. The van der Waals surface area contributed by atoms with Crippen molar-refractivity contribution in [3.8, 4) is 0 Å². The van der Waals surface area contributed by atoms with Crippen LogP contribution < -0.4 is 5.48 Å². The number of aromatic nitrogens is 1. The van der Waals surface area contributed by atoms with Gasteiger partial charge < -0.3 is 4.74 Å². The summed E-state index contributed by atoms with van der Waals surface area (Å²) in [6.07, 6.45) is 3.82. The van der Waals surface area contributed by atoms with E-state index in [2.05, 4.69) is 41.7 Å². The van der Waals surface area contributed by atoms with E-state index in [1.54, 1.807) is 11.3 Å². The fourth-order valence-electron chi connectivity index (χ4n) is 2.82. The highest BCUT2D eigenvalue weighted by Crippen LogP contribution is 2.24. The SMILES string of the molecule is CCC[C@@H](ON[C@H](COCc1ccccc1)c1nccs1)c1ccccc1. The number of hydrogen-bond donors (Lipinski definition) is 1. The van der Waals surface area contributed by atoms with Gasteiger partial charge in [-0.3, -0.25) is 4.84 Å². The van der Waals surface area contributed by atoms with Crippen molar-refractivity contribution in [2.75, 3.05) is 6.61 Å². The van der Waals surface area contributed by atoms with Gasteiger partial charge in [-0.1, -0.05) is 74.0 Å². The Morgan fingerprint density at radius 1 is 1.04 bits per heavy atom. The highest BCUT2D eigenvalue weighted by Gasteiger charge is 2.18. The number of thiazole rings is 1. The van der Waals surface area contributed by atoms with Gasteiger partial charge in [0.25, 0.3) is 0 Å². The van der Waals surface area contributed by atoms with Gasteiger partial charge in [0.1, 0.15) is 17.2 Å². The van der Waals surface area contributed by atoms with E-state index >= 15 is 0 Å². The van der Waals surface area contributed by atoms with Crippen LogP contribution in [0, 0.1) is 0 Å². The lowest BCUT2D eigenvalue weighted by Gasteiger charge is -2.22. The summed E-state index contributed by atoms with van der Waals surface area (Å²) in [7, 11) is 0. The Balaban J connectivity index is 1.59. The van der Waals surface area contributed by atoms with E-state index in [0.717, 1.165) is 23.4 Å². The summed E-state index contributed by atoms with van der Waals surface area (Å²) in [5.74, 6) is 0. The minimum absolute atomic E-state index is 0.00721. The second-order valence-corrected chi connectivity index (χ2v) is 7.27. The topological polar surface area (TPSA) is 43.4 Å². The van der Waals surface area contributed by atoms with Crippen LogP contribution in [0.1, 0.15) is 48.0 Å². The van der Waals surface area contributed by atoms with Crippen molar-refractivity contribution in [3.05, 3.63) is 88.4 Å². The van der Waals surface area contributed by atoms with Gasteiger partial charge in [-0.05, 0) is 17.5 Å². The molecule has 0 radical (unpaired) electrons.